The highest BCUT2D eigenvalue weighted by molar-refractivity contribution is 7.89. The summed E-state index contributed by atoms with van der Waals surface area (Å²) in [5, 5.41) is 2.97. The lowest BCUT2D eigenvalue weighted by Gasteiger charge is -2.31. The number of quaternary nitrogens is 1. The molecule has 1 aliphatic rings. The summed E-state index contributed by atoms with van der Waals surface area (Å²) in [6.07, 6.45) is 1.93. The average Bonchev–Trinajstić information content (AvgIpc) is 2.67. The number of carbonyl (C=O) groups excluding carboxylic acids is 1. The van der Waals surface area contributed by atoms with Crippen LogP contribution in [-0.2, 0) is 14.8 Å². The van der Waals surface area contributed by atoms with E-state index in [1.54, 1.807) is 16.4 Å². The topological polar surface area (TPSA) is 70.9 Å². The van der Waals surface area contributed by atoms with Gasteiger partial charge in [0.25, 0.3) is 5.91 Å². The quantitative estimate of drug-likeness (QED) is 0.689. The molecule has 1 amide bonds. The van der Waals surface area contributed by atoms with E-state index in [4.69, 9.17) is 0 Å². The monoisotopic (exact) mass is 396 g/mol. The third-order valence-electron chi connectivity index (χ3n) is 5.56. The molecular formula is C20H34N3O3S+. The molecule has 1 fully saturated rings. The second-order valence-corrected chi connectivity index (χ2v) is 9.52. The molecule has 7 heteroatoms. The zero-order valence-corrected chi connectivity index (χ0v) is 17.8. The molecule has 0 aromatic heterocycles. The summed E-state index contributed by atoms with van der Waals surface area (Å²) in [5.41, 5.74) is 1.16. The molecule has 0 saturated carbocycles. The van der Waals surface area contributed by atoms with Gasteiger partial charge in [0.05, 0.1) is 31.1 Å². The molecule has 1 saturated heterocycles. The van der Waals surface area contributed by atoms with Crippen LogP contribution in [0.5, 0.6) is 0 Å². The van der Waals surface area contributed by atoms with Gasteiger partial charge in [-0.15, -0.1) is 0 Å². The first kappa shape index (κ1) is 21.9. The van der Waals surface area contributed by atoms with Crippen LogP contribution in [0.2, 0.25) is 0 Å². The van der Waals surface area contributed by atoms with E-state index in [-0.39, 0.29) is 11.9 Å². The minimum Gasteiger partial charge on any atom is -0.349 e. The number of carbonyl (C=O) groups is 1. The number of piperazine rings is 1. The Morgan fingerprint density at radius 2 is 1.70 bits per heavy atom. The van der Waals surface area contributed by atoms with Crippen LogP contribution in [0.3, 0.4) is 0 Å². The van der Waals surface area contributed by atoms with Gasteiger partial charge in [0, 0.05) is 6.04 Å². The van der Waals surface area contributed by atoms with Gasteiger partial charge in [-0.25, -0.2) is 8.42 Å². The van der Waals surface area contributed by atoms with Gasteiger partial charge in [-0.3, -0.25) is 4.79 Å². The van der Waals surface area contributed by atoms with Crippen molar-refractivity contribution in [3.05, 3.63) is 29.8 Å². The van der Waals surface area contributed by atoms with Crippen LogP contribution < -0.4 is 10.2 Å². The molecule has 27 heavy (non-hydrogen) atoms. The maximum atomic E-state index is 12.9. The van der Waals surface area contributed by atoms with Gasteiger partial charge in [0.1, 0.15) is 0 Å². The Hall–Kier alpha value is -1.44. The minimum atomic E-state index is -3.47. The summed E-state index contributed by atoms with van der Waals surface area (Å²) in [5.74, 6) is 0.465. The van der Waals surface area contributed by atoms with Crippen molar-refractivity contribution in [1.29, 1.82) is 0 Å². The van der Waals surface area contributed by atoms with Crippen molar-refractivity contribution < 1.29 is 18.1 Å². The molecule has 1 aliphatic heterocycles. The highest BCUT2D eigenvalue weighted by Gasteiger charge is 2.31. The highest BCUT2D eigenvalue weighted by atomic mass is 32.2. The number of sulfonamides is 1. The van der Waals surface area contributed by atoms with Crippen molar-refractivity contribution in [3.63, 3.8) is 0 Å². The van der Waals surface area contributed by atoms with Gasteiger partial charge in [-0.1, -0.05) is 32.9 Å². The van der Waals surface area contributed by atoms with Gasteiger partial charge in [-0.2, -0.15) is 4.31 Å². The molecule has 0 spiro atoms. The summed E-state index contributed by atoms with van der Waals surface area (Å²) in [7, 11) is -3.47. The molecule has 2 N–H and O–H groups in total. The van der Waals surface area contributed by atoms with E-state index in [1.165, 1.54) is 0 Å². The number of hydrogen-bond acceptors (Lipinski definition) is 3. The zero-order valence-electron chi connectivity index (χ0n) is 17.0. The van der Waals surface area contributed by atoms with Crippen LogP contribution in [0, 0.1) is 0 Å². The van der Waals surface area contributed by atoms with Crippen molar-refractivity contribution >= 4 is 15.9 Å². The Labute approximate surface area is 164 Å². The number of hydrogen-bond donors (Lipinski definition) is 2. The smallest absolute Gasteiger partial charge is 0.275 e. The van der Waals surface area contributed by atoms with Crippen molar-refractivity contribution in [1.82, 2.24) is 9.62 Å². The van der Waals surface area contributed by atoms with E-state index in [0.717, 1.165) is 23.3 Å². The summed E-state index contributed by atoms with van der Waals surface area (Å²) in [6, 6.07) is 7.45. The van der Waals surface area contributed by atoms with Crippen LogP contribution in [0.15, 0.2) is 29.2 Å². The fraction of sp³-hybridized carbons (Fsp3) is 0.650. The minimum absolute atomic E-state index is 0.0382. The Morgan fingerprint density at radius 1 is 1.11 bits per heavy atom. The molecule has 0 unspecified atom stereocenters. The highest BCUT2D eigenvalue weighted by Crippen LogP contribution is 2.22. The lowest BCUT2D eigenvalue weighted by atomic mass is 9.99. The molecule has 0 aliphatic carbocycles. The first-order valence-electron chi connectivity index (χ1n) is 10.0. The Balaban J connectivity index is 1.93. The predicted octanol–water partition coefficient (Wildman–Crippen LogP) is 1.00. The fourth-order valence-electron chi connectivity index (χ4n) is 3.23. The maximum Gasteiger partial charge on any atom is 0.275 e. The number of amides is 1. The van der Waals surface area contributed by atoms with Gasteiger partial charge >= 0.3 is 0 Å². The second kappa shape index (κ2) is 9.66. The molecule has 2 rings (SSSR count). The van der Waals surface area contributed by atoms with Crippen LogP contribution >= 0.6 is 0 Å². The molecule has 2 atom stereocenters. The van der Waals surface area contributed by atoms with Gasteiger partial charge in [0.2, 0.25) is 10.0 Å². The number of nitrogens with zero attached hydrogens (tertiary/aromatic N) is 1. The Bertz CT molecular complexity index is 710. The first-order chi connectivity index (χ1) is 12.8. The molecule has 6 nitrogen and oxygen atoms in total. The van der Waals surface area contributed by atoms with E-state index < -0.39 is 10.0 Å². The third-order valence-corrected chi connectivity index (χ3v) is 7.47. The summed E-state index contributed by atoms with van der Waals surface area (Å²) >= 11 is 0. The first-order valence-corrected chi connectivity index (χ1v) is 11.4. The lowest BCUT2D eigenvalue weighted by Crippen LogP contribution is -3.15. The Morgan fingerprint density at radius 3 is 2.22 bits per heavy atom. The second-order valence-electron chi connectivity index (χ2n) is 7.59. The summed E-state index contributed by atoms with van der Waals surface area (Å²) in [4.78, 5) is 13.5. The maximum absolute atomic E-state index is 12.9. The number of benzene rings is 1. The zero-order chi connectivity index (χ0) is 20.0. The van der Waals surface area contributed by atoms with E-state index in [0.29, 0.717) is 43.5 Å². The van der Waals surface area contributed by atoms with Crippen LogP contribution in [0.25, 0.3) is 0 Å². The predicted molar refractivity (Wildman–Crippen MR) is 107 cm³/mol. The molecule has 1 aromatic carbocycles. The van der Waals surface area contributed by atoms with Crippen LogP contribution in [0.1, 0.15) is 52.0 Å². The van der Waals surface area contributed by atoms with Gasteiger partial charge in [-0.05, 0) is 43.4 Å². The molecule has 1 aromatic rings. The number of nitrogens with one attached hydrogen (secondary N) is 2. The van der Waals surface area contributed by atoms with Crippen molar-refractivity contribution in [2.75, 3.05) is 32.7 Å². The number of rotatable bonds is 8. The molecule has 1 heterocycles. The fourth-order valence-corrected chi connectivity index (χ4v) is 4.67. The molecule has 0 bridgehead atoms. The third kappa shape index (κ3) is 5.77. The van der Waals surface area contributed by atoms with E-state index in [2.05, 4.69) is 19.2 Å². The van der Waals surface area contributed by atoms with Crippen molar-refractivity contribution in [2.24, 2.45) is 0 Å². The molecular weight excluding hydrogens is 362 g/mol. The average molecular weight is 397 g/mol. The van der Waals surface area contributed by atoms with E-state index >= 15 is 0 Å². The lowest BCUT2D eigenvalue weighted by molar-refractivity contribution is -0.895. The van der Waals surface area contributed by atoms with Gasteiger partial charge in [0.15, 0.2) is 6.54 Å². The van der Waals surface area contributed by atoms with Crippen molar-refractivity contribution in [2.45, 2.75) is 57.4 Å². The molecule has 152 valence electrons. The normalized spacial score (nSPS) is 18.8. The van der Waals surface area contributed by atoms with Gasteiger partial charge < -0.3 is 10.2 Å². The largest absolute Gasteiger partial charge is 0.349 e. The summed E-state index contributed by atoms with van der Waals surface area (Å²) in [6.45, 7) is 10.9. The standard InChI is InChI=1S/C20H33N3O3S/c1-5-16(3)18-7-9-19(10-8-18)27(25,26)23-13-11-22(12-14-23)15-20(24)21-17(4)6-2/h7-10,16-17H,5-6,11-15H2,1-4H3,(H,21,24)/p+1/t16-,17-/m0/s1. The van der Waals surface area contributed by atoms with Crippen molar-refractivity contribution in [3.8, 4) is 0 Å². The van der Waals surface area contributed by atoms with Crippen LogP contribution in [-0.4, -0.2) is 57.4 Å². The SMILES string of the molecule is CC[C@H](C)NC(=O)C[NH+]1CCN(S(=O)(=O)c2ccc([C@@H](C)CC)cc2)CC1. The van der Waals surface area contributed by atoms with E-state index in [1.807, 2.05) is 26.0 Å². The van der Waals surface area contributed by atoms with E-state index in [9.17, 15) is 13.2 Å². The molecule has 0 radical (unpaired) electrons. The Kier molecular flexibility index (Phi) is 7.82. The summed E-state index contributed by atoms with van der Waals surface area (Å²) < 4.78 is 27.3. The van der Waals surface area contributed by atoms with Crippen LogP contribution in [0.4, 0.5) is 0 Å².